The summed E-state index contributed by atoms with van der Waals surface area (Å²) in [5.41, 5.74) is 2.11. The second kappa shape index (κ2) is 7.66. The van der Waals surface area contributed by atoms with Crippen LogP contribution in [0.3, 0.4) is 0 Å². The minimum absolute atomic E-state index is 0.0626. The number of halogens is 1. The third-order valence-corrected chi connectivity index (χ3v) is 4.88. The molecule has 0 fully saturated rings. The summed E-state index contributed by atoms with van der Waals surface area (Å²) in [6.07, 6.45) is 0. The molecule has 0 aromatic carbocycles. The maximum atomic E-state index is 12.1. The van der Waals surface area contributed by atoms with E-state index in [2.05, 4.69) is 5.32 Å². The molecule has 0 radical (unpaired) electrons. The first-order chi connectivity index (χ1) is 10.9. The predicted molar refractivity (Wildman–Crippen MR) is 93.2 cm³/mol. The van der Waals surface area contributed by atoms with E-state index in [1.165, 1.54) is 11.3 Å². The standard InChI is InChI=1S/C16H20ClN3O2S/c1-11-4-5-12(2)20(11)9-15(21)18-6-7-19(3)16(22)14-8-13(17)10-23-14/h4-5,8,10H,6-7,9H2,1-3H3,(H,18,21). The average Bonchev–Trinajstić information content (AvgIpc) is 3.07. The first-order valence-corrected chi connectivity index (χ1v) is 8.53. The van der Waals surface area contributed by atoms with Crippen LogP contribution in [-0.2, 0) is 11.3 Å². The number of thiophene rings is 1. The van der Waals surface area contributed by atoms with E-state index in [-0.39, 0.29) is 11.8 Å². The second-order valence-corrected chi connectivity index (χ2v) is 6.76. The summed E-state index contributed by atoms with van der Waals surface area (Å²) in [5.74, 6) is -0.152. The van der Waals surface area contributed by atoms with Crippen LogP contribution in [0.4, 0.5) is 0 Å². The number of rotatable bonds is 6. The molecule has 0 aliphatic rings. The van der Waals surface area contributed by atoms with Crippen LogP contribution in [0.15, 0.2) is 23.6 Å². The number of nitrogens with zero attached hydrogens (tertiary/aromatic N) is 2. The maximum absolute atomic E-state index is 12.1. The van der Waals surface area contributed by atoms with Gasteiger partial charge in [-0.25, -0.2) is 0 Å². The summed E-state index contributed by atoms with van der Waals surface area (Å²) in [6.45, 7) is 5.10. The van der Waals surface area contributed by atoms with Gasteiger partial charge >= 0.3 is 0 Å². The summed E-state index contributed by atoms with van der Waals surface area (Å²) in [6, 6.07) is 5.63. The van der Waals surface area contributed by atoms with Crippen molar-refractivity contribution in [2.24, 2.45) is 0 Å². The molecule has 2 aromatic rings. The highest BCUT2D eigenvalue weighted by atomic mass is 35.5. The van der Waals surface area contributed by atoms with E-state index < -0.39 is 0 Å². The molecule has 2 heterocycles. The van der Waals surface area contributed by atoms with E-state index in [9.17, 15) is 9.59 Å². The fourth-order valence-corrected chi connectivity index (χ4v) is 3.29. The van der Waals surface area contributed by atoms with E-state index in [1.54, 1.807) is 23.4 Å². The van der Waals surface area contributed by atoms with Crippen LogP contribution in [0.2, 0.25) is 5.02 Å². The van der Waals surface area contributed by atoms with Crippen molar-refractivity contribution >= 4 is 34.8 Å². The average molecular weight is 354 g/mol. The van der Waals surface area contributed by atoms with Gasteiger partial charge in [-0.05, 0) is 32.0 Å². The Labute approximate surface area is 144 Å². The first kappa shape index (κ1) is 17.6. The van der Waals surface area contributed by atoms with Gasteiger partial charge in [0.1, 0.15) is 6.54 Å². The Hall–Kier alpha value is -1.79. The van der Waals surface area contributed by atoms with Gasteiger partial charge in [0.05, 0.1) is 9.90 Å². The molecule has 0 aliphatic heterocycles. The third kappa shape index (κ3) is 4.59. The molecule has 2 amide bonds. The van der Waals surface area contributed by atoms with Crippen LogP contribution in [-0.4, -0.2) is 41.4 Å². The third-order valence-electron chi connectivity index (χ3n) is 3.61. The van der Waals surface area contributed by atoms with Gasteiger partial charge in [-0.15, -0.1) is 11.3 Å². The lowest BCUT2D eigenvalue weighted by Gasteiger charge is -2.17. The lowest BCUT2D eigenvalue weighted by Crippen LogP contribution is -2.37. The molecule has 0 atom stereocenters. The zero-order chi connectivity index (χ0) is 17.0. The molecule has 5 nitrogen and oxygen atoms in total. The minimum Gasteiger partial charge on any atom is -0.353 e. The first-order valence-electron chi connectivity index (χ1n) is 7.27. The van der Waals surface area contributed by atoms with Gasteiger partial charge in [-0.3, -0.25) is 9.59 Å². The highest BCUT2D eigenvalue weighted by Crippen LogP contribution is 2.20. The number of carbonyl (C=O) groups excluding carboxylic acids is 2. The Kier molecular flexibility index (Phi) is 5.85. The molecular weight excluding hydrogens is 334 g/mol. The molecule has 0 aliphatic carbocycles. The molecule has 0 bridgehead atoms. The van der Waals surface area contributed by atoms with Crippen molar-refractivity contribution in [3.8, 4) is 0 Å². The highest BCUT2D eigenvalue weighted by Gasteiger charge is 2.14. The summed E-state index contributed by atoms with van der Waals surface area (Å²) in [7, 11) is 1.71. The van der Waals surface area contributed by atoms with Crippen molar-refractivity contribution in [1.82, 2.24) is 14.8 Å². The molecule has 124 valence electrons. The lowest BCUT2D eigenvalue weighted by molar-refractivity contribution is -0.121. The van der Waals surface area contributed by atoms with Gasteiger partial charge in [0.2, 0.25) is 5.91 Å². The zero-order valence-corrected chi connectivity index (χ0v) is 15.0. The molecule has 0 saturated heterocycles. The molecule has 0 spiro atoms. The van der Waals surface area contributed by atoms with Gasteiger partial charge in [-0.1, -0.05) is 11.6 Å². The van der Waals surface area contributed by atoms with Crippen LogP contribution in [0, 0.1) is 13.8 Å². The van der Waals surface area contributed by atoms with Crippen LogP contribution in [0.25, 0.3) is 0 Å². The van der Waals surface area contributed by atoms with Crippen LogP contribution >= 0.6 is 22.9 Å². The Morgan fingerprint density at radius 2 is 1.96 bits per heavy atom. The molecule has 0 unspecified atom stereocenters. The van der Waals surface area contributed by atoms with Gasteiger partial charge < -0.3 is 14.8 Å². The van der Waals surface area contributed by atoms with E-state index in [4.69, 9.17) is 11.6 Å². The molecular formula is C16H20ClN3O2S. The normalized spacial score (nSPS) is 10.6. The summed E-state index contributed by atoms with van der Waals surface area (Å²) in [5, 5.41) is 5.14. The molecule has 2 rings (SSSR count). The number of aryl methyl sites for hydroxylation is 2. The fourth-order valence-electron chi connectivity index (χ4n) is 2.23. The lowest BCUT2D eigenvalue weighted by atomic mass is 10.4. The Morgan fingerprint density at radius 3 is 2.52 bits per heavy atom. The zero-order valence-electron chi connectivity index (χ0n) is 13.4. The molecule has 7 heteroatoms. The van der Waals surface area contributed by atoms with E-state index in [1.807, 2.05) is 30.5 Å². The summed E-state index contributed by atoms with van der Waals surface area (Å²) in [4.78, 5) is 26.3. The number of hydrogen-bond donors (Lipinski definition) is 1. The van der Waals surface area contributed by atoms with Crippen molar-refractivity contribution in [2.45, 2.75) is 20.4 Å². The van der Waals surface area contributed by atoms with E-state index in [0.29, 0.717) is 29.5 Å². The number of likely N-dealkylation sites (N-methyl/N-ethyl adjacent to an activating group) is 1. The van der Waals surface area contributed by atoms with Crippen molar-refractivity contribution in [3.05, 3.63) is 44.9 Å². The van der Waals surface area contributed by atoms with Crippen LogP contribution in [0.1, 0.15) is 21.1 Å². The summed E-state index contributed by atoms with van der Waals surface area (Å²) < 4.78 is 1.96. The molecule has 23 heavy (non-hydrogen) atoms. The van der Waals surface area contributed by atoms with E-state index >= 15 is 0 Å². The number of amides is 2. The number of carbonyl (C=O) groups is 2. The molecule has 0 saturated carbocycles. The SMILES string of the molecule is Cc1ccc(C)n1CC(=O)NCCN(C)C(=O)c1cc(Cl)cs1. The number of aromatic nitrogens is 1. The minimum atomic E-state index is -0.0896. The second-order valence-electron chi connectivity index (χ2n) is 5.41. The van der Waals surface area contributed by atoms with Gasteiger partial charge in [0.25, 0.3) is 5.91 Å². The largest absolute Gasteiger partial charge is 0.353 e. The predicted octanol–water partition coefficient (Wildman–Crippen LogP) is 2.71. The maximum Gasteiger partial charge on any atom is 0.263 e. The number of hydrogen-bond acceptors (Lipinski definition) is 3. The monoisotopic (exact) mass is 353 g/mol. The van der Waals surface area contributed by atoms with Crippen molar-refractivity contribution in [3.63, 3.8) is 0 Å². The Morgan fingerprint density at radius 1 is 1.30 bits per heavy atom. The fraction of sp³-hybridized carbons (Fsp3) is 0.375. The van der Waals surface area contributed by atoms with Gasteiger partial charge in [-0.2, -0.15) is 0 Å². The van der Waals surface area contributed by atoms with E-state index in [0.717, 1.165) is 11.4 Å². The Bertz CT molecular complexity index is 688. The van der Waals surface area contributed by atoms with Gasteiger partial charge in [0, 0.05) is 36.9 Å². The molecule has 2 aromatic heterocycles. The quantitative estimate of drug-likeness (QED) is 0.868. The molecule has 1 N–H and O–H groups in total. The van der Waals surface area contributed by atoms with Crippen LogP contribution < -0.4 is 5.32 Å². The highest BCUT2D eigenvalue weighted by molar-refractivity contribution is 7.12. The van der Waals surface area contributed by atoms with Crippen LogP contribution in [0.5, 0.6) is 0 Å². The topological polar surface area (TPSA) is 54.3 Å². The number of nitrogens with one attached hydrogen (secondary N) is 1. The smallest absolute Gasteiger partial charge is 0.263 e. The Balaban J connectivity index is 1.78. The van der Waals surface area contributed by atoms with Crippen molar-refractivity contribution < 1.29 is 9.59 Å². The van der Waals surface area contributed by atoms with Gasteiger partial charge in [0.15, 0.2) is 0 Å². The van der Waals surface area contributed by atoms with Crippen molar-refractivity contribution in [1.29, 1.82) is 0 Å². The van der Waals surface area contributed by atoms with Crippen molar-refractivity contribution in [2.75, 3.05) is 20.1 Å². The summed E-state index contributed by atoms with van der Waals surface area (Å²) >= 11 is 7.15.